The predicted molar refractivity (Wildman–Crippen MR) is 72.2 cm³/mol. The molecule has 2 heterocycles. The highest BCUT2D eigenvalue weighted by atomic mass is 79.9. The van der Waals surface area contributed by atoms with Crippen molar-refractivity contribution in [2.24, 2.45) is 0 Å². The van der Waals surface area contributed by atoms with Crippen molar-refractivity contribution in [3.05, 3.63) is 58.6 Å². The third-order valence-corrected chi connectivity index (χ3v) is 3.57. The number of carbonyl (C=O) groups is 1. The maximum Gasteiger partial charge on any atom is 0.199 e. The van der Waals surface area contributed by atoms with Gasteiger partial charge >= 0.3 is 0 Å². The number of pyridine rings is 2. The zero-order chi connectivity index (χ0) is 12.3. The Kier molecular flexibility index (Phi) is 4.02. The van der Waals surface area contributed by atoms with Crippen molar-refractivity contribution >= 4 is 37.6 Å². The average Bonchev–Trinajstić information content (AvgIpc) is 2.38. The van der Waals surface area contributed by atoms with Crippen LogP contribution in [0.25, 0.3) is 0 Å². The Morgan fingerprint density at radius 3 is 2.65 bits per heavy atom. The standard InChI is InChI=1S/C12H8Br2N2O/c13-10-7-8(4-6-16-10)11(14)12(17)9-3-1-2-5-15-9/h1-7,11H. The summed E-state index contributed by atoms with van der Waals surface area (Å²) in [5.74, 6) is -0.0660. The largest absolute Gasteiger partial charge is 0.291 e. The second kappa shape index (κ2) is 5.51. The molecule has 1 atom stereocenters. The number of alkyl halides is 1. The molecule has 2 rings (SSSR count). The van der Waals surface area contributed by atoms with Crippen LogP contribution in [-0.2, 0) is 0 Å². The third kappa shape index (κ3) is 2.98. The molecule has 0 aliphatic rings. The Hall–Kier alpha value is -1.07. The molecule has 2 aromatic rings. The molecule has 0 aliphatic carbocycles. The first-order valence-corrected chi connectivity index (χ1v) is 6.60. The molecule has 0 N–H and O–H groups in total. The Balaban J connectivity index is 2.27. The zero-order valence-corrected chi connectivity index (χ0v) is 11.8. The van der Waals surface area contributed by atoms with Crippen molar-refractivity contribution in [3.8, 4) is 0 Å². The highest BCUT2D eigenvalue weighted by molar-refractivity contribution is 9.10. The topological polar surface area (TPSA) is 42.9 Å². The fourth-order valence-corrected chi connectivity index (χ4v) is 2.27. The van der Waals surface area contributed by atoms with E-state index < -0.39 is 4.83 Å². The number of Topliss-reactive ketones (excluding diaryl/α,β-unsaturated/α-hetero) is 1. The van der Waals surface area contributed by atoms with Gasteiger partial charge in [-0.05, 0) is 45.8 Å². The van der Waals surface area contributed by atoms with Crippen LogP contribution in [0, 0.1) is 0 Å². The zero-order valence-electron chi connectivity index (χ0n) is 8.68. The SMILES string of the molecule is O=C(c1ccccn1)C(Br)c1ccnc(Br)c1. The summed E-state index contributed by atoms with van der Waals surface area (Å²) in [5.41, 5.74) is 1.30. The van der Waals surface area contributed by atoms with E-state index in [9.17, 15) is 4.79 Å². The number of rotatable bonds is 3. The van der Waals surface area contributed by atoms with Gasteiger partial charge in [0.2, 0.25) is 0 Å². The lowest BCUT2D eigenvalue weighted by molar-refractivity contribution is 0.0987. The number of carbonyl (C=O) groups excluding carboxylic acids is 1. The first-order chi connectivity index (χ1) is 8.18. The number of nitrogens with zero attached hydrogens (tertiary/aromatic N) is 2. The van der Waals surface area contributed by atoms with Crippen LogP contribution >= 0.6 is 31.9 Å². The number of ketones is 1. The molecule has 17 heavy (non-hydrogen) atoms. The molecule has 0 bridgehead atoms. The van der Waals surface area contributed by atoms with Crippen molar-refractivity contribution in [2.75, 3.05) is 0 Å². The minimum atomic E-state index is -0.406. The molecule has 5 heteroatoms. The van der Waals surface area contributed by atoms with Gasteiger partial charge in [-0.15, -0.1) is 0 Å². The van der Waals surface area contributed by atoms with Gasteiger partial charge in [0, 0.05) is 12.4 Å². The van der Waals surface area contributed by atoms with E-state index in [1.54, 1.807) is 42.7 Å². The molecule has 2 aromatic heterocycles. The Bertz CT molecular complexity index is 531. The van der Waals surface area contributed by atoms with Crippen molar-refractivity contribution in [3.63, 3.8) is 0 Å². The van der Waals surface area contributed by atoms with Crippen LogP contribution in [0.5, 0.6) is 0 Å². The quantitative estimate of drug-likeness (QED) is 0.480. The smallest absolute Gasteiger partial charge is 0.199 e. The van der Waals surface area contributed by atoms with Crippen LogP contribution in [0.2, 0.25) is 0 Å². The first kappa shape index (κ1) is 12.4. The maximum atomic E-state index is 12.1. The van der Waals surface area contributed by atoms with Crippen LogP contribution in [0.1, 0.15) is 20.9 Å². The summed E-state index contributed by atoms with van der Waals surface area (Å²) in [7, 11) is 0. The third-order valence-electron chi connectivity index (χ3n) is 2.19. The van der Waals surface area contributed by atoms with Gasteiger partial charge in [0.1, 0.15) is 15.1 Å². The minimum Gasteiger partial charge on any atom is -0.291 e. The molecule has 0 aromatic carbocycles. The van der Waals surface area contributed by atoms with Gasteiger partial charge in [-0.1, -0.05) is 22.0 Å². The second-order valence-electron chi connectivity index (χ2n) is 3.35. The fourth-order valence-electron chi connectivity index (χ4n) is 1.36. The van der Waals surface area contributed by atoms with Gasteiger partial charge in [-0.3, -0.25) is 9.78 Å². The van der Waals surface area contributed by atoms with E-state index in [2.05, 4.69) is 41.8 Å². The summed E-state index contributed by atoms with van der Waals surface area (Å²) in [5, 5.41) is 0. The number of hydrogen-bond donors (Lipinski definition) is 0. The van der Waals surface area contributed by atoms with Crippen molar-refractivity contribution in [2.45, 2.75) is 4.83 Å². The highest BCUT2D eigenvalue weighted by Crippen LogP contribution is 2.27. The van der Waals surface area contributed by atoms with E-state index in [-0.39, 0.29) is 5.78 Å². The lowest BCUT2D eigenvalue weighted by atomic mass is 10.1. The lowest BCUT2D eigenvalue weighted by Crippen LogP contribution is -2.08. The molecule has 0 spiro atoms. The molecular weight excluding hydrogens is 348 g/mol. The second-order valence-corrected chi connectivity index (χ2v) is 5.08. The Labute approximate surface area is 116 Å². The minimum absolute atomic E-state index is 0.0660. The van der Waals surface area contributed by atoms with Crippen LogP contribution in [0.4, 0.5) is 0 Å². The fraction of sp³-hybridized carbons (Fsp3) is 0.0833. The van der Waals surface area contributed by atoms with Gasteiger partial charge in [-0.2, -0.15) is 0 Å². The molecule has 1 unspecified atom stereocenters. The first-order valence-electron chi connectivity index (χ1n) is 4.89. The van der Waals surface area contributed by atoms with E-state index in [1.165, 1.54) is 0 Å². The molecule has 3 nitrogen and oxygen atoms in total. The maximum absolute atomic E-state index is 12.1. The summed E-state index contributed by atoms with van der Waals surface area (Å²) >= 11 is 6.66. The molecule has 0 aliphatic heterocycles. The predicted octanol–water partition coefficient (Wildman–Crippen LogP) is 3.56. The van der Waals surface area contributed by atoms with Crippen LogP contribution < -0.4 is 0 Å². The lowest BCUT2D eigenvalue weighted by Gasteiger charge is -2.08. The normalized spacial score (nSPS) is 12.1. The molecule has 0 amide bonds. The van der Waals surface area contributed by atoms with E-state index >= 15 is 0 Å². The molecule has 0 fully saturated rings. The van der Waals surface area contributed by atoms with Gasteiger partial charge in [0.05, 0.1) is 0 Å². The molecular formula is C12H8Br2N2O. The molecule has 0 saturated carbocycles. The average molecular weight is 356 g/mol. The van der Waals surface area contributed by atoms with E-state index in [0.717, 1.165) is 5.56 Å². The van der Waals surface area contributed by atoms with Crippen LogP contribution in [0.3, 0.4) is 0 Å². The summed E-state index contributed by atoms with van der Waals surface area (Å²) in [6, 6.07) is 8.88. The monoisotopic (exact) mass is 354 g/mol. The van der Waals surface area contributed by atoms with Gasteiger partial charge < -0.3 is 0 Å². The van der Waals surface area contributed by atoms with E-state index in [1.807, 2.05) is 0 Å². The summed E-state index contributed by atoms with van der Waals surface area (Å²) < 4.78 is 0.702. The van der Waals surface area contributed by atoms with Crippen molar-refractivity contribution < 1.29 is 4.79 Å². The summed E-state index contributed by atoms with van der Waals surface area (Å²) in [4.78, 5) is 19.8. The molecule has 0 radical (unpaired) electrons. The summed E-state index contributed by atoms with van der Waals surface area (Å²) in [6.45, 7) is 0. The number of hydrogen-bond acceptors (Lipinski definition) is 3. The molecule has 0 saturated heterocycles. The molecule has 86 valence electrons. The van der Waals surface area contributed by atoms with Crippen molar-refractivity contribution in [1.29, 1.82) is 0 Å². The number of halogens is 2. The highest BCUT2D eigenvalue weighted by Gasteiger charge is 2.20. The summed E-state index contributed by atoms with van der Waals surface area (Å²) in [6.07, 6.45) is 3.26. The van der Waals surface area contributed by atoms with Crippen LogP contribution in [-0.4, -0.2) is 15.8 Å². The van der Waals surface area contributed by atoms with Gasteiger partial charge in [0.25, 0.3) is 0 Å². The van der Waals surface area contributed by atoms with E-state index in [0.29, 0.717) is 10.3 Å². The van der Waals surface area contributed by atoms with Crippen LogP contribution in [0.15, 0.2) is 47.3 Å². The Morgan fingerprint density at radius 1 is 1.18 bits per heavy atom. The Morgan fingerprint density at radius 2 is 2.00 bits per heavy atom. The van der Waals surface area contributed by atoms with E-state index in [4.69, 9.17) is 0 Å². The van der Waals surface area contributed by atoms with Gasteiger partial charge in [0.15, 0.2) is 5.78 Å². The van der Waals surface area contributed by atoms with Crippen molar-refractivity contribution in [1.82, 2.24) is 9.97 Å². The number of aromatic nitrogens is 2. The van der Waals surface area contributed by atoms with Gasteiger partial charge in [-0.25, -0.2) is 4.98 Å².